The Morgan fingerprint density at radius 2 is 1.78 bits per heavy atom. The molecule has 0 aliphatic carbocycles. The van der Waals surface area contributed by atoms with Gasteiger partial charge in [-0.3, -0.25) is 0 Å². The molecule has 1 unspecified atom stereocenters. The molecule has 0 aromatic heterocycles. The van der Waals surface area contributed by atoms with Crippen molar-refractivity contribution >= 4 is 0 Å². The summed E-state index contributed by atoms with van der Waals surface area (Å²) in [5.74, 6) is 1.70. The van der Waals surface area contributed by atoms with E-state index in [1.807, 2.05) is 12.1 Å². The quantitative estimate of drug-likeness (QED) is 0.804. The summed E-state index contributed by atoms with van der Waals surface area (Å²) in [5, 5.41) is 3.62. The van der Waals surface area contributed by atoms with Gasteiger partial charge in [0.1, 0.15) is 11.5 Å². The predicted octanol–water partition coefficient (Wildman–Crippen LogP) is 3.54. The summed E-state index contributed by atoms with van der Waals surface area (Å²) >= 11 is 0. The molecule has 3 nitrogen and oxygen atoms in total. The van der Waals surface area contributed by atoms with Crippen molar-refractivity contribution < 1.29 is 9.47 Å². The van der Waals surface area contributed by atoms with Crippen LogP contribution in [0, 0.1) is 0 Å². The summed E-state index contributed by atoms with van der Waals surface area (Å²) in [6, 6.07) is 6.80. The lowest BCUT2D eigenvalue weighted by Gasteiger charge is -2.23. The summed E-state index contributed by atoms with van der Waals surface area (Å²) in [6.45, 7) is 6.58. The zero-order chi connectivity index (χ0) is 13.5. The molecule has 1 aromatic carbocycles. The normalized spacial score (nSPS) is 12.6. The van der Waals surface area contributed by atoms with Crippen molar-refractivity contribution in [2.45, 2.75) is 45.7 Å². The van der Waals surface area contributed by atoms with E-state index >= 15 is 0 Å². The van der Waals surface area contributed by atoms with Crippen LogP contribution in [0.5, 0.6) is 11.5 Å². The molecule has 0 fully saturated rings. The molecular weight excluding hydrogens is 226 g/mol. The molecule has 1 N–H and O–H groups in total. The first-order valence-corrected chi connectivity index (χ1v) is 6.64. The van der Waals surface area contributed by atoms with Crippen LogP contribution in [-0.2, 0) is 0 Å². The lowest BCUT2D eigenvalue weighted by atomic mass is 10.0. The number of rotatable bonds is 7. The zero-order valence-corrected chi connectivity index (χ0v) is 12.1. The van der Waals surface area contributed by atoms with E-state index in [1.165, 1.54) is 5.56 Å². The minimum Gasteiger partial charge on any atom is -0.497 e. The number of ether oxygens (including phenoxy) is 2. The maximum absolute atomic E-state index is 5.44. The van der Waals surface area contributed by atoms with Gasteiger partial charge in [-0.1, -0.05) is 19.9 Å². The second-order valence-corrected chi connectivity index (χ2v) is 4.51. The summed E-state index contributed by atoms with van der Waals surface area (Å²) in [5.41, 5.74) is 1.17. The van der Waals surface area contributed by atoms with E-state index in [0.29, 0.717) is 6.04 Å². The lowest BCUT2D eigenvalue weighted by Crippen LogP contribution is -2.30. The summed E-state index contributed by atoms with van der Waals surface area (Å²) in [4.78, 5) is 0. The fourth-order valence-electron chi connectivity index (χ4n) is 2.14. The monoisotopic (exact) mass is 251 g/mol. The second-order valence-electron chi connectivity index (χ2n) is 4.51. The van der Waals surface area contributed by atoms with Crippen LogP contribution in [0.2, 0.25) is 0 Å². The van der Waals surface area contributed by atoms with Gasteiger partial charge < -0.3 is 14.8 Å². The minimum absolute atomic E-state index is 0.274. The Morgan fingerprint density at radius 3 is 2.28 bits per heavy atom. The van der Waals surface area contributed by atoms with E-state index in [0.717, 1.165) is 24.3 Å². The van der Waals surface area contributed by atoms with Crippen molar-refractivity contribution in [2.75, 3.05) is 14.2 Å². The number of hydrogen-bond donors (Lipinski definition) is 1. The zero-order valence-electron chi connectivity index (χ0n) is 12.1. The molecule has 0 saturated heterocycles. The molecule has 0 spiro atoms. The average Bonchev–Trinajstić information content (AvgIpc) is 2.43. The van der Waals surface area contributed by atoms with Gasteiger partial charge in [0, 0.05) is 23.7 Å². The van der Waals surface area contributed by atoms with Crippen molar-refractivity contribution in [1.82, 2.24) is 5.32 Å². The molecule has 0 aliphatic heterocycles. The molecule has 102 valence electrons. The second kappa shape index (κ2) is 7.27. The number of methoxy groups -OCH3 is 2. The fraction of sp³-hybridized carbons (Fsp3) is 0.600. The van der Waals surface area contributed by atoms with Gasteiger partial charge >= 0.3 is 0 Å². The van der Waals surface area contributed by atoms with E-state index in [1.54, 1.807) is 14.2 Å². The topological polar surface area (TPSA) is 30.5 Å². The van der Waals surface area contributed by atoms with Crippen LogP contribution >= 0.6 is 0 Å². The first kappa shape index (κ1) is 14.8. The molecule has 1 rings (SSSR count). The molecule has 0 saturated carbocycles. The van der Waals surface area contributed by atoms with Crippen LogP contribution in [0.15, 0.2) is 18.2 Å². The van der Waals surface area contributed by atoms with Gasteiger partial charge in [-0.2, -0.15) is 0 Å². The molecule has 0 radical (unpaired) electrons. The summed E-state index contributed by atoms with van der Waals surface area (Å²) in [7, 11) is 3.36. The maximum atomic E-state index is 5.44. The molecular formula is C15H25NO2. The van der Waals surface area contributed by atoms with Gasteiger partial charge in [-0.05, 0) is 25.8 Å². The Labute approximate surface area is 110 Å². The van der Waals surface area contributed by atoms with Gasteiger partial charge in [0.25, 0.3) is 0 Å². The molecule has 1 aromatic rings. The van der Waals surface area contributed by atoms with Crippen molar-refractivity contribution in [3.05, 3.63) is 23.8 Å². The van der Waals surface area contributed by atoms with Crippen LogP contribution in [0.25, 0.3) is 0 Å². The first-order valence-electron chi connectivity index (χ1n) is 6.64. The molecule has 3 heteroatoms. The van der Waals surface area contributed by atoms with E-state index in [2.05, 4.69) is 32.2 Å². The van der Waals surface area contributed by atoms with Crippen LogP contribution in [-0.4, -0.2) is 20.3 Å². The SMILES string of the molecule is CCC(CC)NC(C)c1ccc(OC)cc1OC. The van der Waals surface area contributed by atoms with Gasteiger partial charge in [0.15, 0.2) is 0 Å². The van der Waals surface area contributed by atoms with Crippen molar-refractivity contribution in [3.8, 4) is 11.5 Å². The fourth-order valence-corrected chi connectivity index (χ4v) is 2.14. The minimum atomic E-state index is 0.274. The Kier molecular flexibility index (Phi) is 5.99. The van der Waals surface area contributed by atoms with E-state index < -0.39 is 0 Å². The van der Waals surface area contributed by atoms with E-state index in [-0.39, 0.29) is 6.04 Å². The molecule has 1 atom stereocenters. The molecule has 18 heavy (non-hydrogen) atoms. The number of hydrogen-bond acceptors (Lipinski definition) is 3. The molecule has 0 aliphatic rings. The van der Waals surface area contributed by atoms with Crippen LogP contribution in [0.4, 0.5) is 0 Å². The Hall–Kier alpha value is -1.22. The summed E-state index contributed by atoms with van der Waals surface area (Å²) < 4.78 is 10.7. The third-order valence-electron chi connectivity index (χ3n) is 3.38. The highest BCUT2D eigenvalue weighted by Crippen LogP contribution is 2.29. The smallest absolute Gasteiger partial charge is 0.127 e. The van der Waals surface area contributed by atoms with Crippen molar-refractivity contribution in [1.29, 1.82) is 0 Å². The first-order chi connectivity index (χ1) is 8.65. The Balaban J connectivity index is 2.87. The average molecular weight is 251 g/mol. The van der Waals surface area contributed by atoms with Crippen LogP contribution < -0.4 is 14.8 Å². The van der Waals surface area contributed by atoms with Gasteiger partial charge in [0.05, 0.1) is 14.2 Å². The number of nitrogens with one attached hydrogen (secondary N) is 1. The van der Waals surface area contributed by atoms with Crippen molar-refractivity contribution in [3.63, 3.8) is 0 Å². The van der Waals surface area contributed by atoms with Crippen molar-refractivity contribution in [2.24, 2.45) is 0 Å². The van der Waals surface area contributed by atoms with Gasteiger partial charge in [0.2, 0.25) is 0 Å². The third-order valence-corrected chi connectivity index (χ3v) is 3.38. The van der Waals surface area contributed by atoms with Crippen LogP contribution in [0.1, 0.15) is 45.2 Å². The maximum Gasteiger partial charge on any atom is 0.127 e. The predicted molar refractivity (Wildman–Crippen MR) is 75.5 cm³/mol. The highest BCUT2D eigenvalue weighted by molar-refractivity contribution is 5.42. The Bertz CT molecular complexity index is 362. The molecule has 0 amide bonds. The van der Waals surface area contributed by atoms with E-state index in [9.17, 15) is 0 Å². The van der Waals surface area contributed by atoms with Gasteiger partial charge in [-0.25, -0.2) is 0 Å². The highest BCUT2D eigenvalue weighted by atomic mass is 16.5. The summed E-state index contributed by atoms with van der Waals surface area (Å²) in [6.07, 6.45) is 2.28. The number of benzene rings is 1. The van der Waals surface area contributed by atoms with E-state index in [4.69, 9.17) is 9.47 Å². The molecule has 0 bridgehead atoms. The standard InChI is InChI=1S/C15H25NO2/c1-6-12(7-2)16-11(3)14-9-8-13(17-4)10-15(14)18-5/h8-12,16H,6-7H2,1-5H3. The largest absolute Gasteiger partial charge is 0.497 e. The highest BCUT2D eigenvalue weighted by Gasteiger charge is 2.15. The third kappa shape index (κ3) is 3.64. The Morgan fingerprint density at radius 1 is 1.11 bits per heavy atom. The van der Waals surface area contributed by atoms with Crippen LogP contribution in [0.3, 0.4) is 0 Å². The van der Waals surface area contributed by atoms with Gasteiger partial charge in [-0.15, -0.1) is 0 Å². The molecule has 0 heterocycles. The lowest BCUT2D eigenvalue weighted by molar-refractivity contribution is 0.377.